The van der Waals surface area contributed by atoms with Gasteiger partial charge in [-0.25, -0.2) is 4.79 Å². The van der Waals surface area contributed by atoms with Crippen molar-refractivity contribution < 1.29 is 19.2 Å². The molecule has 0 heterocycles. The lowest BCUT2D eigenvalue weighted by Gasteiger charge is -2.00. The van der Waals surface area contributed by atoms with E-state index in [0.717, 1.165) is 0 Å². The van der Waals surface area contributed by atoms with Crippen LogP contribution in [0.4, 0.5) is 0 Å². The van der Waals surface area contributed by atoms with Gasteiger partial charge in [-0.05, 0) is 6.92 Å². The van der Waals surface area contributed by atoms with E-state index in [1.54, 1.807) is 6.92 Å². The van der Waals surface area contributed by atoms with Crippen molar-refractivity contribution in [1.29, 1.82) is 0 Å². The van der Waals surface area contributed by atoms with Gasteiger partial charge in [0.2, 0.25) is 0 Å². The Kier molecular flexibility index (Phi) is 4.43. The fourth-order valence-electron chi connectivity index (χ4n) is 0.474. The Morgan fingerprint density at radius 1 is 1.50 bits per heavy atom. The van der Waals surface area contributed by atoms with E-state index < -0.39 is 17.6 Å². The van der Waals surface area contributed by atoms with Crippen molar-refractivity contribution in [3.63, 3.8) is 0 Å². The Labute approximate surface area is 69.3 Å². The van der Waals surface area contributed by atoms with Crippen LogP contribution in [-0.2, 0) is 19.2 Å². The van der Waals surface area contributed by atoms with Crippen LogP contribution in [0.25, 0.3) is 0 Å². The summed E-state index contributed by atoms with van der Waals surface area (Å²) in [6, 6.07) is 0. The maximum atomic E-state index is 10.8. The highest BCUT2D eigenvalue weighted by Gasteiger charge is 2.19. The molecule has 0 aromatic heterocycles. The van der Waals surface area contributed by atoms with Gasteiger partial charge >= 0.3 is 5.97 Å². The Hall–Kier alpha value is -1.59. The number of carbonyl (C=O) groups excluding carboxylic acids is 2. The van der Waals surface area contributed by atoms with Gasteiger partial charge < -0.3 is 15.3 Å². The summed E-state index contributed by atoms with van der Waals surface area (Å²) < 4.78 is 4.47. The van der Waals surface area contributed by atoms with Gasteiger partial charge in [0, 0.05) is 0 Å². The Balaban J connectivity index is 4.41. The molecule has 0 saturated heterocycles. The number of oxime groups is 1. The fraction of sp³-hybridized carbons (Fsp3) is 0.500. The highest BCUT2D eigenvalue weighted by molar-refractivity contribution is 6.63. The first-order valence-electron chi connectivity index (χ1n) is 3.21. The number of esters is 1. The lowest BCUT2D eigenvalue weighted by atomic mass is 10.4. The van der Waals surface area contributed by atoms with E-state index in [-0.39, 0.29) is 6.61 Å². The maximum absolute atomic E-state index is 10.8. The van der Waals surface area contributed by atoms with E-state index in [0.29, 0.717) is 0 Å². The number of primary amides is 1. The van der Waals surface area contributed by atoms with Crippen molar-refractivity contribution in [3.05, 3.63) is 0 Å². The van der Waals surface area contributed by atoms with E-state index in [9.17, 15) is 9.59 Å². The minimum Gasteiger partial charge on any atom is -0.461 e. The van der Waals surface area contributed by atoms with Crippen LogP contribution in [0.15, 0.2) is 5.16 Å². The number of rotatable bonds is 4. The molecule has 68 valence electrons. The zero-order valence-corrected chi connectivity index (χ0v) is 6.86. The van der Waals surface area contributed by atoms with Gasteiger partial charge in [-0.3, -0.25) is 4.79 Å². The lowest BCUT2D eigenvalue weighted by Crippen LogP contribution is -2.32. The zero-order chi connectivity index (χ0) is 9.56. The SMILES string of the molecule is CCOC(=O)/C(=N/OC)C(N)=O. The Morgan fingerprint density at radius 3 is 2.42 bits per heavy atom. The summed E-state index contributed by atoms with van der Waals surface area (Å²) in [5.41, 5.74) is 4.26. The summed E-state index contributed by atoms with van der Waals surface area (Å²) in [6.07, 6.45) is 0. The number of ether oxygens (including phenoxy) is 1. The second-order valence-corrected chi connectivity index (χ2v) is 1.71. The predicted octanol–water partition coefficient (Wildman–Crippen LogP) is -0.963. The topological polar surface area (TPSA) is 91.0 Å². The predicted molar refractivity (Wildman–Crippen MR) is 40.3 cm³/mol. The molecule has 1 amide bonds. The number of carbonyl (C=O) groups is 2. The van der Waals surface area contributed by atoms with Crippen LogP contribution >= 0.6 is 0 Å². The van der Waals surface area contributed by atoms with Crippen LogP contribution in [0.5, 0.6) is 0 Å². The van der Waals surface area contributed by atoms with Gasteiger partial charge in [-0.15, -0.1) is 0 Å². The van der Waals surface area contributed by atoms with Gasteiger partial charge in [-0.2, -0.15) is 0 Å². The van der Waals surface area contributed by atoms with Crippen LogP contribution in [0, 0.1) is 0 Å². The second-order valence-electron chi connectivity index (χ2n) is 1.71. The van der Waals surface area contributed by atoms with Gasteiger partial charge in [0.15, 0.2) is 0 Å². The molecule has 0 atom stereocenters. The van der Waals surface area contributed by atoms with Crippen molar-refractivity contribution in [2.45, 2.75) is 6.92 Å². The summed E-state index contributed by atoms with van der Waals surface area (Å²) in [5, 5.41) is 3.11. The monoisotopic (exact) mass is 174 g/mol. The van der Waals surface area contributed by atoms with Crippen LogP contribution in [0.2, 0.25) is 0 Å². The molecule has 0 aromatic rings. The quantitative estimate of drug-likeness (QED) is 0.257. The molecule has 0 bridgehead atoms. The highest BCUT2D eigenvalue weighted by atomic mass is 16.6. The average Bonchev–Trinajstić information content (AvgIpc) is 1.99. The first-order valence-corrected chi connectivity index (χ1v) is 3.21. The first kappa shape index (κ1) is 10.4. The van der Waals surface area contributed by atoms with Crippen molar-refractivity contribution >= 4 is 17.6 Å². The van der Waals surface area contributed by atoms with E-state index in [1.807, 2.05) is 0 Å². The molecule has 6 nitrogen and oxygen atoms in total. The molecule has 0 spiro atoms. The number of nitrogens with zero attached hydrogens (tertiary/aromatic N) is 1. The number of hydrogen-bond acceptors (Lipinski definition) is 5. The average molecular weight is 174 g/mol. The standard InChI is InChI=1S/C6H10N2O4/c1-3-12-6(10)4(5(7)9)8-11-2/h3H2,1-2H3,(H2,7,9)/b8-4+. The third kappa shape index (κ3) is 3.00. The molecule has 0 unspecified atom stereocenters. The van der Waals surface area contributed by atoms with Gasteiger partial charge in [0.25, 0.3) is 11.6 Å². The van der Waals surface area contributed by atoms with Crippen molar-refractivity contribution in [1.82, 2.24) is 0 Å². The van der Waals surface area contributed by atoms with Gasteiger partial charge in [0.1, 0.15) is 7.11 Å². The normalized spacial score (nSPS) is 10.7. The van der Waals surface area contributed by atoms with Crippen LogP contribution < -0.4 is 5.73 Å². The number of nitrogens with two attached hydrogens (primary N) is 1. The van der Waals surface area contributed by atoms with Crippen molar-refractivity contribution in [2.24, 2.45) is 10.9 Å². The smallest absolute Gasteiger partial charge is 0.366 e. The molecule has 0 saturated carbocycles. The molecule has 0 aliphatic carbocycles. The van der Waals surface area contributed by atoms with Crippen LogP contribution in [-0.4, -0.2) is 31.3 Å². The molecule has 0 aliphatic rings. The minimum absolute atomic E-state index is 0.148. The summed E-state index contributed by atoms with van der Waals surface area (Å²) in [6.45, 7) is 1.75. The largest absolute Gasteiger partial charge is 0.461 e. The number of amides is 1. The molecule has 0 rings (SSSR count). The molecule has 2 N–H and O–H groups in total. The van der Waals surface area contributed by atoms with E-state index >= 15 is 0 Å². The maximum Gasteiger partial charge on any atom is 0.366 e. The molecule has 0 fully saturated rings. The van der Waals surface area contributed by atoms with E-state index in [1.165, 1.54) is 7.11 Å². The summed E-state index contributed by atoms with van der Waals surface area (Å²) in [5.74, 6) is -1.86. The van der Waals surface area contributed by atoms with Crippen LogP contribution in [0.1, 0.15) is 6.92 Å². The van der Waals surface area contributed by atoms with E-state index in [4.69, 9.17) is 5.73 Å². The van der Waals surface area contributed by atoms with Crippen molar-refractivity contribution in [2.75, 3.05) is 13.7 Å². The molecular formula is C6H10N2O4. The Bertz CT molecular complexity index is 212. The molecule has 0 aromatic carbocycles. The lowest BCUT2D eigenvalue weighted by molar-refractivity contribution is -0.136. The third-order valence-electron chi connectivity index (χ3n) is 0.885. The first-order chi connectivity index (χ1) is 5.63. The molecule has 12 heavy (non-hydrogen) atoms. The van der Waals surface area contributed by atoms with Gasteiger partial charge in [-0.1, -0.05) is 5.16 Å². The molecular weight excluding hydrogens is 164 g/mol. The third-order valence-corrected chi connectivity index (χ3v) is 0.885. The highest BCUT2D eigenvalue weighted by Crippen LogP contribution is 1.85. The molecule has 0 aliphatic heterocycles. The summed E-state index contributed by atoms with van der Waals surface area (Å²) in [7, 11) is 1.20. The molecule has 0 radical (unpaired) electrons. The summed E-state index contributed by atoms with van der Waals surface area (Å²) >= 11 is 0. The number of hydrogen-bond donors (Lipinski definition) is 1. The molecule has 6 heteroatoms. The second kappa shape index (κ2) is 5.11. The fourth-order valence-corrected chi connectivity index (χ4v) is 0.474. The van der Waals surface area contributed by atoms with Crippen LogP contribution in [0.3, 0.4) is 0 Å². The Morgan fingerprint density at radius 2 is 2.08 bits per heavy atom. The van der Waals surface area contributed by atoms with Crippen molar-refractivity contribution in [3.8, 4) is 0 Å². The summed E-state index contributed by atoms with van der Waals surface area (Å²) in [4.78, 5) is 25.6. The van der Waals surface area contributed by atoms with Gasteiger partial charge in [0.05, 0.1) is 6.61 Å². The van der Waals surface area contributed by atoms with E-state index in [2.05, 4.69) is 14.7 Å². The minimum atomic E-state index is -0.977. The zero-order valence-electron chi connectivity index (χ0n) is 6.86.